The van der Waals surface area contributed by atoms with Crippen LogP contribution in [0.5, 0.6) is 0 Å². The van der Waals surface area contributed by atoms with Crippen molar-refractivity contribution >= 4 is 11.6 Å². The molecule has 3 aromatic heterocycles. The van der Waals surface area contributed by atoms with Gasteiger partial charge in [0.15, 0.2) is 5.65 Å². The molecule has 4 rings (SSSR count). The third-order valence-electron chi connectivity index (χ3n) is 4.12. The van der Waals surface area contributed by atoms with E-state index in [9.17, 15) is 4.79 Å². The number of nitrogens with one attached hydrogen (secondary N) is 1. The first kappa shape index (κ1) is 16.0. The lowest BCUT2D eigenvalue weighted by atomic mass is 10.2. The lowest BCUT2D eigenvalue weighted by Gasteiger charge is -2.03. The van der Waals surface area contributed by atoms with E-state index in [1.807, 2.05) is 36.0 Å². The molecule has 7 heteroatoms. The van der Waals surface area contributed by atoms with Gasteiger partial charge in [0, 0.05) is 30.7 Å². The molecule has 130 valence electrons. The third-order valence-corrected chi connectivity index (χ3v) is 4.12. The van der Waals surface area contributed by atoms with Crippen molar-refractivity contribution in [3.8, 4) is 0 Å². The van der Waals surface area contributed by atoms with Gasteiger partial charge in [-0.1, -0.05) is 30.3 Å². The van der Waals surface area contributed by atoms with Crippen molar-refractivity contribution in [1.29, 1.82) is 0 Å². The van der Waals surface area contributed by atoms with Crippen LogP contribution in [0.3, 0.4) is 0 Å². The average molecular weight is 346 g/mol. The maximum absolute atomic E-state index is 12.6. The monoisotopic (exact) mass is 346 g/mol. The van der Waals surface area contributed by atoms with Crippen LogP contribution >= 0.6 is 0 Å². The molecule has 0 saturated heterocycles. The summed E-state index contributed by atoms with van der Waals surface area (Å²) in [7, 11) is 0. The maximum Gasteiger partial charge on any atom is 0.257 e. The van der Waals surface area contributed by atoms with Crippen LogP contribution in [0.4, 0.5) is 0 Å². The van der Waals surface area contributed by atoms with Crippen LogP contribution in [0.25, 0.3) is 5.65 Å². The molecule has 26 heavy (non-hydrogen) atoms. The van der Waals surface area contributed by atoms with Crippen LogP contribution in [-0.2, 0) is 13.1 Å². The predicted molar refractivity (Wildman–Crippen MR) is 96.7 cm³/mol. The Morgan fingerprint density at radius 2 is 2.00 bits per heavy atom. The van der Waals surface area contributed by atoms with Gasteiger partial charge in [0.2, 0.25) is 0 Å². The first-order chi connectivity index (χ1) is 12.7. The fourth-order valence-electron chi connectivity index (χ4n) is 2.89. The van der Waals surface area contributed by atoms with Crippen LogP contribution in [0, 0.1) is 6.92 Å². The standard InChI is InChI=1S/C19H18N6O/c1-14-17(18-20-8-5-9-25(18)23-14)19(26)21-10-16-11-22-24(13-16)12-15-6-3-2-4-7-15/h2-9,11,13H,10,12H2,1H3,(H,21,26). The molecule has 0 spiro atoms. The Morgan fingerprint density at radius 1 is 1.15 bits per heavy atom. The fraction of sp³-hybridized carbons (Fsp3) is 0.158. The van der Waals surface area contributed by atoms with E-state index in [-0.39, 0.29) is 5.91 Å². The van der Waals surface area contributed by atoms with Gasteiger partial charge >= 0.3 is 0 Å². The zero-order valence-corrected chi connectivity index (χ0v) is 14.3. The first-order valence-corrected chi connectivity index (χ1v) is 8.34. The van der Waals surface area contributed by atoms with Crippen LogP contribution in [0.15, 0.2) is 61.2 Å². The lowest BCUT2D eigenvalue weighted by Crippen LogP contribution is -2.23. The summed E-state index contributed by atoms with van der Waals surface area (Å²) in [6.07, 6.45) is 7.14. The topological polar surface area (TPSA) is 77.1 Å². The van der Waals surface area contributed by atoms with Gasteiger partial charge < -0.3 is 5.32 Å². The molecular weight excluding hydrogens is 328 g/mol. The highest BCUT2D eigenvalue weighted by atomic mass is 16.1. The van der Waals surface area contributed by atoms with Crippen LogP contribution in [0.1, 0.15) is 27.2 Å². The van der Waals surface area contributed by atoms with Gasteiger partial charge in [-0.3, -0.25) is 9.48 Å². The molecule has 0 fully saturated rings. The fourth-order valence-corrected chi connectivity index (χ4v) is 2.89. The molecule has 0 aliphatic heterocycles. The van der Waals surface area contributed by atoms with E-state index in [4.69, 9.17) is 0 Å². The molecular formula is C19H18N6O. The quantitative estimate of drug-likeness (QED) is 0.601. The van der Waals surface area contributed by atoms with Gasteiger partial charge in [-0.25, -0.2) is 9.50 Å². The molecule has 0 saturated carbocycles. The van der Waals surface area contributed by atoms with Gasteiger partial charge in [-0.05, 0) is 18.6 Å². The highest BCUT2D eigenvalue weighted by Crippen LogP contribution is 2.13. The van der Waals surface area contributed by atoms with Crippen molar-refractivity contribution in [3.05, 3.63) is 83.6 Å². The summed E-state index contributed by atoms with van der Waals surface area (Å²) in [5.74, 6) is -0.188. The Hall–Kier alpha value is -3.48. The lowest BCUT2D eigenvalue weighted by molar-refractivity contribution is 0.0951. The van der Waals surface area contributed by atoms with E-state index in [0.29, 0.717) is 30.0 Å². The largest absolute Gasteiger partial charge is 0.348 e. The van der Waals surface area contributed by atoms with E-state index in [0.717, 1.165) is 5.56 Å². The molecule has 1 N–H and O–H groups in total. The summed E-state index contributed by atoms with van der Waals surface area (Å²) in [6.45, 7) is 2.91. The number of benzene rings is 1. The van der Waals surface area contributed by atoms with Crippen LogP contribution in [0.2, 0.25) is 0 Å². The molecule has 1 amide bonds. The zero-order chi connectivity index (χ0) is 17.9. The first-order valence-electron chi connectivity index (χ1n) is 8.34. The van der Waals surface area contributed by atoms with Crippen molar-refractivity contribution in [1.82, 2.24) is 29.7 Å². The molecule has 7 nitrogen and oxygen atoms in total. The summed E-state index contributed by atoms with van der Waals surface area (Å²) in [5, 5.41) is 11.6. The van der Waals surface area contributed by atoms with Gasteiger partial charge in [0.25, 0.3) is 5.91 Å². The normalized spacial score (nSPS) is 11.0. The van der Waals surface area contributed by atoms with Gasteiger partial charge in [0.05, 0.1) is 18.4 Å². The van der Waals surface area contributed by atoms with Crippen LogP contribution in [-0.4, -0.2) is 30.3 Å². The molecule has 0 aliphatic rings. The summed E-state index contributed by atoms with van der Waals surface area (Å²) >= 11 is 0. The van der Waals surface area contributed by atoms with E-state index in [1.54, 1.807) is 29.2 Å². The van der Waals surface area contributed by atoms with E-state index >= 15 is 0 Å². The Balaban J connectivity index is 1.44. The molecule has 4 aromatic rings. The van der Waals surface area contributed by atoms with E-state index in [2.05, 4.69) is 32.6 Å². The zero-order valence-electron chi connectivity index (χ0n) is 14.3. The summed E-state index contributed by atoms with van der Waals surface area (Å²) < 4.78 is 3.47. The Labute approximate surface area is 150 Å². The molecule has 0 unspecified atom stereocenters. The van der Waals surface area contributed by atoms with Gasteiger partial charge in [-0.2, -0.15) is 10.2 Å². The van der Waals surface area contributed by atoms with Crippen molar-refractivity contribution in [3.63, 3.8) is 0 Å². The molecule has 1 aromatic carbocycles. The summed E-state index contributed by atoms with van der Waals surface area (Å²) in [5.41, 5.74) is 3.83. The number of nitrogens with zero attached hydrogens (tertiary/aromatic N) is 5. The Bertz CT molecular complexity index is 1050. The average Bonchev–Trinajstić information content (AvgIpc) is 3.23. The van der Waals surface area contributed by atoms with Crippen molar-refractivity contribution in [2.45, 2.75) is 20.0 Å². The van der Waals surface area contributed by atoms with E-state index < -0.39 is 0 Å². The number of hydrogen-bond acceptors (Lipinski definition) is 4. The number of carbonyl (C=O) groups excluding carboxylic acids is 1. The second-order valence-corrected chi connectivity index (χ2v) is 6.06. The Kier molecular flexibility index (Phi) is 4.18. The summed E-state index contributed by atoms with van der Waals surface area (Å²) in [6, 6.07) is 11.9. The highest BCUT2D eigenvalue weighted by molar-refractivity contribution is 6.00. The van der Waals surface area contributed by atoms with Crippen LogP contribution < -0.4 is 5.32 Å². The van der Waals surface area contributed by atoms with Crippen molar-refractivity contribution in [2.24, 2.45) is 0 Å². The minimum absolute atomic E-state index is 0.188. The molecule has 0 aliphatic carbocycles. The Morgan fingerprint density at radius 3 is 2.85 bits per heavy atom. The molecule has 0 atom stereocenters. The maximum atomic E-state index is 12.6. The molecule has 0 bridgehead atoms. The number of rotatable bonds is 5. The minimum atomic E-state index is -0.188. The van der Waals surface area contributed by atoms with Gasteiger partial charge in [0.1, 0.15) is 5.56 Å². The number of fused-ring (bicyclic) bond motifs is 1. The number of amides is 1. The third kappa shape index (κ3) is 3.19. The molecule has 3 heterocycles. The number of hydrogen-bond donors (Lipinski definition) is 1. The molecule has 0 radical (unpaired) electrons. The number of aromatic nitrogens is 5. The highest BCUT2D eigenvalue weighted by Gasteiger charge is 2.17. The number of carbonyl (C=O) groups is 1. The minimum Gasteiger partial charge on any atom is -0.348 e. The SMILES string of the molecule is Cc1nn2cccnc2c1C(=O)NCc1cnn(Cc2ccccc2)c1. The summed E-state index contributed by atoms with van der Waals surface area (Å²) in [4.78, 5) is 16.8. The second kappa shape index (κ2) is 6.79. The van der Waals surface area contributed by atoms with Gasteiger partial charge in [-0.15, -0.1) is 0 Å². The van der Waals surface area contributed by atoms with Crippen molar-refractivity contribution in [2.75, 3.05) is 0 Å². The number of aryl methyl sites for hydroxylation is 1. The van der Waals surface area contributed by atoms with E-state index in [1.165, 1.54) is 5.56 Å². The van der Waals surface area contributed by atoms with Crippen molar-refractivity contribution < 1.29 is 4.79 Å². The predicted octanol–water partition coefficient (Wildman–Crippen LogP) is 2.21. The smallest absolute Gasteiger partial charge is 0.257 e. The second-order valence-electron chi connectivity index (χ2n) is 6.06.